The Kier molecular flexibility index (Phi) is 15.6. The van der Waals surface area contributed by atoms with Gasteiger partial charge < -0.3 is 0 Å². The standard InChI is InChI=1S/C17H35ClS2/c1-5-7-9-11-13-16(12-10-8-6-2)17(14-18)20-19-15(3)4/h15-17H,5-14H2,1-4H3/t16?,17-/m0/s1. The Morgan fingerprint density at radius 3 is 1.85 bits per heavy atom. The molecule has 0 N–H and O–H groups in total. The Hall–Kier alpha value is 0.990. The van der Waals surface area contributed by atoms with E-state index < -0.39 is 0 Å². The van der Waals surface area contributed by atoms with Gasteiger partial charge in [-0.15, -0.1) is 11.6 Å². The minimum atomic E-state index is 0.641. The summed E-state index contributed by atoms with van der Waals surface area (Å²) in [6.45, 7) is 9.13. The van der Waals surface area contributed by atoms with Gasteiger partial charge in [0.2, 0.25) is 0 Å². The van der Waals surface area contributed by atoms with E-state index >= 15 is 0 Å². The van der Waals surface area contributed by atoms with Gasteiger partial charge in [0, 0.05) is 16.4 Å². The molecule has 0 fully saturated rings. The lowest BCUT2D eigenvalue weighted by Gasteiger charge is -2.25. The maximum atomic E-state index is 6.26. The van der Waals surface area contributed by atoms with Crippen molar-refractivity contribution < 1.29 is 0 Å². The van der Waals surface area contributed by atoms with Crippen LogP contribution in [0.4, 0.5) is 0 Å². The largest absolute Gasteiger partial charge is 0.125 e. The van der Waals surface area contributed by atoms with Crippen LogP contribution < -0.4 is 0 Å². The van der Waals surface area contributed by atoms with Gasteiger partial charge in [-0.05, 0) is 18.8 Å². The number of alkyl halides is 1. The molecular weight excluding hydrogens is 304 g/mol. The molecule has 0 saturated heterocycles. The molecular formula is C17H35ClS2. The molecule has 0 nitrogen and oxygen atoms in total. The SMILES string of the molecule is CCCCCCC(CCCCC)[C@H](CCl)SSC(C)C. The second-order valence-electron chi connectivity index (χ2n) is 6.04. The van der Waals surface area contributed by atoms with Crippen LogP contribution in [0.3, 0.4) is 0 Å². The first kappa shape index (κ1) is 21.0. The summed E-state index contributed by atoms with van der Waals surface area (Å²) in [6.07, 6.45) is 12.4. The van der Waals surface area contributed by atoms with Gasteiger partial charge in [0.25, 0.3) is 0 Å². The Morgan fingerprint density at radius 1 is 0.800 bits per heavy atom. The van der Waals surface area contributed by atoms with Crippen molar-refractivity contribution in [1.82, 2.24) is 0 Å². The average molecular weight is 339 g/mol. The van der Waals surface area contributed by atoms with E-state index in [0.717, 1.165) is 11.8 Å². The third kappa shape index (κ3) is 11.6. The number of rotatable bonds is 14. The molecule has 0 aliphatic rings. The summed E-state index contributed by atoms with van der Waals surface area (Å²) in [6, 6.07) is 0. The fourth-order valence-electron chi connectivity index (χ4n) is 2.42. The molecule has 0 aromatic carbocycles. The lowest BCUT2D eigenvalue weighted by atomic mass is 9.92. The molecule has 0 bridgehead atoms. The highest BCUT2D eigenvalue weighted by Gasteiger charge is 2.21. The maximum Gasteiger partial charge on any atom is 0.0353 e. The highest BCUT2D eigenvalue weighted by atomic mass is 35.5. The zero-order valence-corrected chi connectivity index (χ0v) is 16.4. The molecule has 122 valence electrons. The Morgan fingerprint density at radius 2 is 1.35 bits per heavy atom. The van der Waals surface area contributed by atoms with Crippen molar-refractivity contribution in [3.8, 4) is 0 Å². The first-order valence-electron chi connectivity index (χ1n) is 8.53. The van der Waals surface area contributed by atoms with Crippen LogP contribution in [0.5, 0.6) is 0 Å². The summed E-state index contributed by atoms with van der Waals surface area (Å²) in [5.41, 5.74) is 0. The molecule has 0 amide bonds. The fraction of sp³-hybridized carbons (Fsp3) is 1.00. The Labute approximate surface area is 141 Å². The highest BCUT2D eigenvalue weighted by molar-refractivity contribution is 8.77. The predicted molar refractivity (Wildman–Crippen MR) is 101 cm³/mol. The molecule has 0 spiro atoms. The van der Waals surface area contributed by atoms with E-state index in [1.807, 2.05) is 21.6 Å². The molecule has 2 atom stereocenters. The van der Waals surface area contributed by atoms with Crippen LogP contribution in [0.1, 0.15) is 85.5 Å². The van der Waals surface area contributed by atoms with E-state index in [1.54, 1.807) is 0 Å². The summed E-state index contributed by atoms with van der Waals surface area (Å²) < 4.78 is 0. The topological polar surface area (TPSA) is 0 Å². The fourth-order valence-corrected chi connectivity index (χ4v) is 5.70. The molecule has 0 aromatic rings. The predicted octanol–water partition coefficient (Wildman–Crippen LogP) is 7.55. The van der Waals surface area contributed by atoms with Crippen LogP contribution in [0.2, 0.25) is 0 Å². The first-order chi connectivity index (χ1) is 9.65. The van der Waals surface area contributed by atoms with Crippen molar-refractivity contribution in [3.05, 3.63) is 0 Å². The van der Waals surface area contributed by atoms with Crippen LogP contribution in [0.15, 0.2) is 0 Å². The normalized spacial score (nSPS) is 14.7. The monoisotopic (exact) mass is 338 g/mol. The lowest BCUT2D eigenvalue weighted by Crippen LogP contribution is -2.19. The van der Waals surface area contributed by atoms with Crippen LogP contribution in [0, 0.1) is 5.92 Å². The zero-order chi connectivity index (χ0) is 15.2. The lowest BCUT2D eigenvalue weighted by molar-refractivity contribution is 0.408. The molecule has 3 heteroatoms. The maximum absolute atomic E-state index is 6.26. The molecule has 0 saturated carbocycles. The van der Waals surface area contributed by atoms with E-state index in [-0.39, 0.29) is 0 Å². The summed E-state index contributed by atoms with van der Waals surface area (Å²) in [7, 11) is 4.05. The number of halogens is 1. The molecule has 0 aliphatic carbocycles. The van der Waals surface area contributed by atoms with Gasteiger partial charge in [0.1, 0.15) is 0 Å². The molecule has 0 radical (unpaired) electrons. The van der Waals surface area contributed by atoms with Crippen LogP contribution in [-0.4, -0.2) is 16.4 Å². The second kappa shape index (κ2) is 14.9. The molecule has 20 heavy (non-hydrogen) atoms. The van der Waals surface area contributed by atoms with Crippen molar-refractivity contribution in [3.63, 3.8) is 0 Å². The Bertz CT molecular complexity index is 197. The van der Waals surface area contributed by atoms with Crippen molar-refractivity contribution in [2.45, 2.75) is 96.0 Å². The van der Waals surface area contributed by atoms with Gasteiger partial charge in [0.15, 0.2) is 0 Å². The summed E-state index contributed by atoms with van der Waals surface area (Å²) in [4.78, 5) is 0. The van der Waals surface area contributed by atoms with Crippen molar-refractivity contribution >= 4 is 33.2 Å². The summed E-state index contributed by atoms with van der Waals surface area (Å²) >= 11 is 6.26. The van der Waals surface area contributed by atoms with E-state index in [4.69, 9.17) is 11.6 Å². The minimum Gasteiger partial charge on any atom is -0.125 e. The molecule has 0 heterocycles. The number of hydrogen-bond donors (Lipinski definition) is 0. The van der Waals surface area contributed by atoms with E-state index in [9.17, 15) is 0 Å². The minimum absolute atomic E-state index is 0.641. The smallest absolute Gasteiger partial charge is 0.0353 e. The van der Waals surface area contributed by atoms with Gasteiger partial charge in [-0.25, -0.2) is 0 Å². The summed E-state index contributed by atoms with van der Waals surface area (Å²) in [5.74, 6) is 1.64. The molecule has 0 aromatic heterocycles. The van der Waals surface area contributed by atoms with Crippen molar-refractivity contribution in [2.75, 3.05) is 5.88 Å². The van der Waals surface area contributed by atoms with E-state index in [2.05, 4.69) is 27.7 Å². The third-order valence-corrected chi connectivity index (χ3v) is 7.70. The van der Waals surface area contributed by atoms with Gasteiger partial charge in [0.05, 0.1) is 0 Å². The van der Waals surface area contributed by atoms with Gasteiger partial charge in [-0.3, -0.25) is 0 Å². The number of hydrogen-bond acceptors (Lipinski definition) is 2. The zero-order valence-electron chi connectivity index (χ0n) is 14.0. The quantitative estimate of drug-likeness (QED) is 0.182. The Balaban J connectivity index is 4.20. The first-order valence-corrected chi connectivity index (χ1v) is 11.3. The molecule has 0 aliphatic heterocycles. The third-order valence-electron chi connectivity index (χ3n) is 3.66. The van der Waals surface area contributed by atoms with E-state index in [0.29, 0.717) is 10.5 Å². The van der Waals surface area contributed by atoms with Crippen molar-refractivity contribution in [2.24, 2.45) is 5.92 Å². The molecule has 0 rings (SSSR count). The van der Waals surface area contributed by atoms with Gasteiger partial charge >= 0.3 is 0 Å². The van der Waals surface area contributed by atoms with Gasteiger partial charge in [-0.2, -0.15) is 0 Å². The average Bonchev–Trinajstić information content (AvgIpc) is 2.43. The highest BCUT2D eigenvalue weighted by Crippen LogP contribution is 2.38. The van der Waals surface area contributed by atoms with Crippen molar-refractivity contribution in [1.29, 1.82) is 0 Å². The second-order valence-corrected chi connectivity index (χ2v) is 9.44. The van der Waals surface area contributed by atoms with E-state index in [1.165, 1.54) is 57.8 Å². The van der Waals surface area contributed by atoms with Gasteiger partial charge in [-0.1, -0.05) is 94.2 Å². The van der Waals surface area contributed by atoms with Crippen LogP contribution in [0.25, 0.3) is 0 Å². The van der Waals surface area contributed by atoms with Crippen LogP contribution >= 0.6 is 33.2 Å². The number of unbranched alkanes of at least 4 members (excludes halogenated alkanes) is 5. The summed E-state index contributed by atoms with van der Waals surface area (Å²) in [5, 5.41) is 1.34. The molecule has 1 unspecified atom stereocenters. The van der Waals surface area contributed by atoms with Crippen LogP contribution in [-0.2, 0) is 0 Å².